The number of aryl methyl sites for hydroxylation is 1. The lowest BCUT2D eigenvalue weighted by Gasteiger charge is -2.22. The summed E-state index contributed by atoms with van der Waals surface area (Å²) in [4.78, 5) is 12.6. The number of nitrogens with zero attached hydrogens (tertiary/aromatic N) is 7. The maximum Gasteiger partial charge on any atom is 0.240 e. The van der Waals surface area contributed by atoms with E-state index in [0.29, 0.717) is 33.9 Å². The van der Waals surface area contributed by atoms with Crippen LogP contribution >= 0.6 is 11.6 Å². The molecule has 0 amide bonds. The first-order valence-corrected chi connectivity index (χ1v) is 12.5. The van der Waals surface area contributed by atoms with Gasteiger partial charge in [0.05, 0.1) is 18.7 Å². The van der Waals surface area contributed by atoms with Crippen LogP contribution in [0.1, 0.15) is 30.3 Å². The van der Waals surface area contributed by atoms with Gasteiger partial charge in [0, 0.05) is 31.6 Å². The number of halogens is 1. The molecule has 0 saturated heterocycles. The van der Waals surface area contributed by atoms with Crippen molar-refractivity contribution in [3.8, 4) is 17.4 Å². The van der Waals surface area contributed by atoms with E-state index in [2.05, 4.69) is 35.0 Å². The monoisotopic (exact) mass is 534 g/mol. The van der Waals surface area contributed by atoms with Gasteiger partial charge in [0.25, 0.3) is 0 Å². The second-order valence-electron chi connectivity index (χ2n) is 7.70. The third-order valence-corrected chi connectivity index (χ3v) is 7.10. The van der Waals surface area contributed by atoms with E-state index in [9.17, 15) is 8.42 Å². The Labute approximate surface area is 211 Å². The van der Waals surface area contributed by atoms with Gasteiger partial charge in [-0.15, -0.1) is 10.2 Å². The van der Waals surface area contributed by atoms with Crippen molar-refractivity contribution < 1.29 is 22.4 Å². The van der Waals surface area contributed by atoms with Crippen molar-refractivity contribution in [3.05, 3.63) is 59.0 Å². The zero-order valence-electron chi connectivity index (χ0n) is 19.8. The molecule has 4 aromatic heterocycles. The number of aromatic nitrogens is 7. The fourth-order valence-electron chi connectivity index (χ4n) is 3.38. The molecule has 0 aliphatic rings. The summed E-state index contributed by atoms with van der Waals surface area (Å²) in [6.45, 7) is 3.34. The van der Waals surface area contributed by atoms with Crippen molar-refractivity contribution in [1.82, 2.24) is 34.9 Å². The molecular formula is C21H23ClN8O5S. The maximum absolute atomic E-state index is 13.4. The Bertz CT molecular complexity index is 1440. The van der Waals surface area contributed by atoms with E-state index in [1.807, 2.05) is 0 Å². The normalized spacial score (nSPS) is 13.4. The number of sulfonamides is 1. The lowest BCUT2D eigenvalue weighted by Crippen LogP contribution is -2.33. The molecule has 13 nitrogen and oxygen atoms in total. The first-order valence-electron chi connectivity index (χ1n) is 10.6. The fraction of sp³-hybridized carbons (Fsp3) is 0.333. The van der Waals surface area contributed by atoms with Gasteiger partial charge in [-0.25, -0.2) is 23.4 Å². The zero-order chi connectivity index (χ0) is 25.9. The number of methoxy groups -OCH3 is 2. The van der Waals surface area contributed by atoms with E-state index < -0.39 is 21.4 Å². The summed E-state index contributed by atoms with van der Waals surface area (Å²) in [6.07, 6.45) is 1.76. The molecule has 4 rings (SSSR count). The second-order valence-corrected chi connectivity index (χ2v) is 10.2. The average Bonchev–Trinajstić information content (AvgIpc) is 3.46. The largest absolute Gasteiger partial charge is 0.481 e. The van der Waals surface area contributed by atoms with Crippen LogP contribution in [0, 0.1) is 6.92 Å². The highest BCUT2D eigenvalue weighted by molar-refractivity contribution is 7.93. The van der Waals surface area contributed by atoms with Crippen LogP contribution in [0.3, 0.4) is 0 Å². The molecule has 0 fully saturated rings. The van der Waals surface area contributed by atoms with Crippen LogP contribution in [0.2, 0.25) is 5.02 Å². The molecule has 0 aliphatic heterocycles. The molecule has 1 N–H and O–H groups in total. The van der Waals surface area contributed by atoms with Crippen LogP contribution in [0.5, 0.6) is 5.88 Å². The van der Waals surface area contributed by atoms with Crippen LogP contribution in [-0.2, 0) is 21.3 Å². The van der Waals surface area contributed by atoms with Gasteiger partial charge in [-0.3, -0.25) is 9.29 Å². The van der Waals surface area contributed by atoms with Crippen LogP contribution in [0.15, 0.2) is 41.2 Å². The highest BCUT2D eigenvalue weighted by Gasteiger charge is 2.34. The minimum Gasteiger partial charge on any atom is -0.481 e. The lowest BCUT2D eigenvalue weighted by atomic mass is 10.2. The number of hydrogen-bond acceptors (Lipinski definition) is 11. The van der Waals surface area contributed by atoms with Crippen LogP contribution in [-0.4, -0.2) is 62.8 Å². The van der Waals surface area contributed by atoms with E-state index in [-0.39, 0.29) is 18.3 Å². The number of hydrogen-bond donors (Lipinski definition) is 1. The van der Waals surface area contributed by atoms with Gasteiger partial charge < -0.3 is 14.0 Å². The third-order valence-electron chi connectivity index (χ3n) is 5.21. The topological polar surface area (TPSA) is 160 Å². The Hall–Kier alpha value is -3.62. The Kier molecular flexibility index (Phi) is 7.47. The molecular weight excluding hydrogens is 512 g/mol. The molecule has 4 aromatic rings. The molecule has 0 saturated carbocycles. The van der Waals surface area contributed by atoms with E-state index in [1.54, 1.807) is 31.2 Å². The van der Waals surface area contributed by atoms with Crippen molar-refractivity contribution in [3.63, 3.8) is 0 Å². The Morgan fingerprint density at radius 2 is 1.94 bits per heavy atom. The van der Waals surface area contributed by atoms with Crippen LogP contribution < -0.4 is 9.46 Å². The first kappa shape index (κ1) is 25.5. The second kappa shape index (κ2) is 10.6. The average molecular weight is 535 g/mol. The molecule has 0 unspecified atom stereocenters. The smallest absolute Gasteiger partial charge is 0.240 e. The molecule has 0 spiro atoms. The zero-order valence-corrected chi connectivity index (χ0v) is 21.4. The molecule has 0 radical (unpaired) electrons. The number of anilines is 1. The number of nitrogens with one attached hydrogen (secondary N) is 1. The molecule has 36 heavy (non-hydrogen) atoms. The summed E-state index contributed by atoms with van der Waals surface area (Å²) in [7, 11) is -1.21. The fourth-order valence-corrected chi connectivity index (χ4v) is 4.63. The number of pyridine rings is 1. The highest BCUT2D eigenvalue weighted by atomic mass is 35.5. The predicted molar refractivity (Wildman–Crippen MR) is 129 cm³/mol. The summed E-state index contributed by atoms with van der Waals surface area (Å²) in [5.41, 5.74) is 0.958. The van der Waals surface area contributed by atoms with Gasteiger partial charge in [-0.2, -0.15) is 0 Å². The van der Waals surface area contributed by atoms with Gasteiger partial charge >= 0.3 is 0 Å². The van der Waals surface area contributed by atoms with Gasteiger partial charge in [0.2, 0.25) is 21.9 Å². The standard InChI is InChI=1S/C21H23ClN8O5S/c1-12-8-15(28-35-12)11-30-20(16-6-5-7-17(25-16)33-3)26-27-21(30)29-36(31,32)13(2)18(34-4)19-23-9-14(22)10-24-19/h5-10,13,18H,11H2,1-4H3,(H,27,29)/t13-,18-/m0/s1. The molecule has 15 heteroatoms. The summed E-state index contributed by atoms with van der Waals surface area (Å²) in [5, 5.41) is 11.5. The number of ether oxygens (including phenoxy) is 2. The Morgan fingerprint density at radius 3 is 2.58 bits per heavy atom. The van der Waals surface area contributed by atoms with E-state index in [4.69, 9.17) is 25.6 Å². The van der Waals surface area contributed by atoms with Crippen molar-refractivity contribution in [2.45, 2.75) is 31.7 Å². The van der Waals surface area contributed by atoms with Crippen molar-refractivity contribution in [1.29, 1.82) is 0 Å². The van der Waals surface area contributed by atoms with Crippen molar-refractivity contribution >= 4 is 27.6 Å². The molecule has 0 aromatic carbocycles. The third kappa shape index (κ3) is 5.45. The van der Waals surface area contributed by atoms with Gasteiger partial charge in [-0.05, 0) is 19.9 Å². The SMILES string of the molecule is COc1cccc(-c2nnc(NS(=O)(=O)[C@@H](C)[C@H](OC)c3ncc(Cl)cn3)n2Cc2cc(C)on2)n1. The van der Waals surface area contributed by atoms with E-state index >= 15 is 0 Å². The predicted octanol–water partition coefficient (Wildman–Crippen LogP) is 2.65. The lowest BCUT2D eigenvalue weighted by molar-refractivity contribution is 0.0950. The van der Waals surface area contributed by atoms with Gasteiger partial charge in [-0.1, -0.05) is 22.8 Å². The van der Waals surface area contributed by atoms with Crippen LogP contribution in [0.25, 0.3) is 11.5 Å². The van der Waals surface area contributed by atoms with Gasteiger partial charge in [0.1, 0.15) is 28.5 Å². The van der Waals surface area contributed by atoms with Crippen LogP contribution in [0.4, 0.5) is 5.95 Å². The Balaban J connectivity index is 1.70. The van der Waals surface area contributed by atoms with Crippen molar-refractivity contribution in [2.75, 3.05) is 18.9 Å². The number of rotatable bonds is 10. The molecule has 4 heterocycles. The van der Waals surface area contributed by atoms with E-state index in [0.717, 1.165) is 0 Å². The summed E-state index contributed by atoms with van der Waals surface area (Å²) < 4.78 is 46.6. The minimum atomic E-state index is -4.07. The van der Waals surface area contributed by atoms with Crippen molar-refractivity contribution in [2.24, 2.45) is 0 Å². The van der Waals surface area contributed by atoms with Gasteiger partial charge in [0.15, 0.2) is 11.6 Å². The van der Waals surface area contributed by atoms with E-state index in [1.165, 1.54) is 38.1 Å². The summed E-state index contributed by atoms with van der Waals surface area (Å²) in [6, 6.07) is 6.85. The molecule has 190 valence electrons. The molecule has 0 bridgehead atoms. The summed E-state index contributed by atoms with van der Waals surface area (Å²) >= 11 is 5.85. The first-order chi connectivity index (χ1) is 17.2. The maximum atomic E-state index is 13.4. The Morgan fingerprint density at radius 1 is 1.19 bits per heavy atom. The molecule has 2 atom stereocenters. The quantitative estimate of drug-likeness (QED) is 0.318. The minimum absolute atomic E-state index is 0.0472. The summed E-state index contributed by atoms with van der Waals surface area (Å²) in [5.74, 6) is 1.38. The highest BCUT2D eigenvalue weighted by Crippen LogP contribution is 2.27. The molecule has 0 aliphatic carbocycles.